The van der Waals surface area contributed by atoms with Crippen LogP contribution in [0, 0.1) is 0 Å². The Kier molecular flexibility index (Phi) is 115. The normalized spacial score (nSPS) is 5.85. The molecule has 1 amide bonds. The maximum absolute atomic E-state index is 9.87. The minimum Gasteiger partial charge on any atom is -0.412 e. The molecule has 0 heterocycles. The second kappa shape index (κ2) is 29.5. The Bertz CT molecular complexity index is 84.9. The van der Waals surface area contributed by atoms with Gasteiger partial charge in [-0.05, 0) is 0 Å². The zero-order chi connectivity index (χ0) is 5.86. The number of hydrogen-bond acceptors (Lipinski definition) is 1. The van der Waals surface area contributed by atoms with Crippen LogP contribution in [0.2, 0.25) is 5.39 Å². The molecule has 0 atom stereocenters. The summed E-state index contributed by atoms with van der Waals surface area (Å²) in [6.45, 7) is 0. The van der Waals surface area contributed by atoms with Gasteiger partial charge < -0.3 is 32.9 Å². The molecule has 0 aromatic rings. The van der Waals surface area contributed by atoms with Crippen molar-refractivity contribution in [3.05, 3.63) is 0 Å². The Morgan fingerprint density at radius 3 is 1.23 bits per heavy atom. The molecular weight excluding hydrogens is 280 g/mol. The summed E-state index contributed by atoms with van der Waals surface area (Å²) >= 11 is -0.986. The molecular formula is C2H16Cl2NNiO7. The largest absolute Gasteiger partial charge is 0.412 e. The van der Waals surface area contributed by atoms with E-state index < -0.39 is 17.5 Å². The average molecular weight is 296 g/mol. The van der Waals surface area contributed by atoms with Gasteiger partial charge in [-0.1, -0.05) is 0 Å². The van der Waals surface area contributed by atoms with Crippen molar-refractivity contribution in [2.24, 2.45) is 5.73 Å². The first kappa shape index (κ1) is 50.7. The fourth-order valence-electron chi connectivity index (χ4n) is 0.0833. The number of hydrogen-bond donors (Lipinski definition) is 1. The van der Waals surface area contributed by atoms with Gasteiger partial charge in [0.05, 0.1) is 0 Å². The number of halogens is 2. The molecule has 0 aliphatic rings. The van der Waals surface area contributed by atoms with Crippen LogP contribution in [0.3, 0.4) is 0 Å². The van der Waals surface area contributed by atoms with Crippen LogP contribution in [0.15, 0.2) is 0 Å². The van der Waals surface area contributed by atoms with E-state index in [0.717, 1.165) is 0 Å². The van der Waals surface area contributed by atoms with E-state index in [2.05, 4.69) is 0 Å². The molecule has 0 fully saturated rings. The van der Waals surface area contributed by atoms with Gasteiger partial charge in [0.1, 0.15) is 0 Å². The second-order valence-electron chi connectivity index (χ2n) is 0.792. The van der Waals surface area contributed by atoms with Gasteiger partial charge in [0.25, 0.3) is 0 Å². The van der Waals surface area contributed by atoms with Crippen molar-refractivity contribution in [3.63, 3.8) is 0 Å². The molecule has 0 saturated carbocycles. The molecule has 11 heteroatoms. The topological polar surface area (TPSA) is 232 Å². The van der Waals surface area contributed by atoms with Crippen LogP contribution in [0.4, 0.5) is 0 Å². The number of carbonyl (C=O) groups is 1. The molecule has 0 rings (SSSR count). The van der Waals surface area contributed by atoms with Gasteiger partial charge >= 0.3 is 53.8 Å². The third-order valence-corrected chi connectivity index (χ3v) is 1.50. The molecule has 0 aliphatic heterocycles. The summed E-state index contributed by atoms with van der Waals surface area (Å²) < 4.78 is 0. The molecule has 0 saturated heterocycles. The summed E-state index contributed by atoms with van der Waals surface area (Å²) in [5, 5.41) is 0.0725. The van der Waals surface area contributed by atoms with Gasteiger partial charge in [-0.3, -0.25) is 0 Å². The van der Waals surface area contributed by atoms with Gasteiger partial charge in [0, 0.05) is 0 Å². The average Bonchev–Trinajstić information content (AvgIpc) is 1.27. The molecule has 13 heavy (non-hydrogen) atoms. The summed E-state index contributed by atoms with van der Waals surface area (Å²) in [6, 6.07) is 0. The molecule has 0 spiro atoms. The second-order valence-corrected chi connectivity index (χ2v) is 4.69. The summed E-state index contributed by atoms with van der Waals surface area (Å²) in [5.74, 6) is -0.458. The summed E-state index contributed by atoms with van der Waals surface area (Å²) in [5.41, 5.74) is 4.70. The minimum absolute atomic E-state index is 0. The molecule has 0 radical (unpaired) electrons. The standard InChI is InChI=1S/C2H4NO.2ClH.Ni.6H2O/c1-2(3)4;;;;;;;;;/h1H2,(H2,3,4);2*1H;;6*1H2/q;;;+2;;;;;;/p-2. The Balaban J connectivity index is -0.0000000120. The van der Waals surface area contributed by atoms with Crippen molar-refractivity contribution in [2.45, 2.75) is 5.39 Å². The fraction of sp³-hybridized carbons (Fsp3) is 0.500. The van der Waals surface area contributed by atoms with E-state index in [4.69, 9.17) is 26.1 Å². The van der Waals surface area contributed by atoms with Gasteiger partial charge in [0.2, 0.25) is 0 Å². The smallest absolute Gasteiger partial charge is 0.412 e. The zero-order valence-corrected chi connectivity index (χ0v) is 8.76. The minimum atomic E-state index is -0.986. The molecule has 0 aromatic heterocycles. The zero-order valence-electron chi connectivity index (χ0n) is 6.26. The van der Waals surface area contributed by atoms with Crippen LogP contribution in [0.1, 0.15) is 0 Å². The molecule has 0 unspecified atom stereocenters. The van der Waals surface area contributed by atoms with Crippen molar-refractivity contribution in [1.82, 2.24) is 0 Å². The van der Waals surface area contributed by atoms with Crippen LogP contribution in [0.25, 0.3) is 0 Å². The number of nitrogens with two attached hydrogens (primary N) is 1. The third kappa shape index (κ3) is 70.5. The predicted molar refractivity (Wildman–Crippen MR) is 47.4 cm³/mol. The Hall–Kier alpha value is 0.304. The summed E-state index contributed by atoms with van der Waals surface area (Å²) in [6.07, 6.45) is 0. The molecule has 0 aliphatic carbocycles. The van der Waals surface area contributed by atoms with Gasteiger partial charge in [-0.25, -0.2) is 0 Å². The molecule has 0 aromatic carbocycles. The fourth-order valence-corrected chi connectivity index (χ4v) is 1.03. The maximum Gasteiger partial charge on any atom is -0.412 e. The first-order chi connectivity index (χ1) is 3.13. The number of primary amides is 1. The van der Waals surface area contributed by atoms with E-state index in [9.17, 15) is 4.79 Å². The van der Waals surface area contributed by atoms with Crippen LogP contribution < -0.4 is 5.73 Å². The van der Waals surface area contributed by atoms with Crippen LogP contribution in [0.5, 0.6) is 0 Å². The quantitative estimate of drug-likeness (QED) is 0.491. The summed E-state index contributed by atoms with van der Waals surface area (Å²) in [4.78, 5) is 9.87. The van der Waals surface area contributed by atoms with Crippen molar-refractivity contribution in [1.29, 1.82) is 0 Å². The van der Waals surface area contributed by atoms with E-state index >= 15 is 0 Å². The van der Waals surface area contributed by atoms with Crippen LogP contribution >= 0.6 is 20.4 Å². The van der Waals surface area contributed by atoms with Crippen molar-refractivity contribution in [2.75, 3.05) is 0 Å². The molecule has 14 N–H and O–H groups in total. The van der Waals surface area contributed by atoms with Gasteiger partial charge in [-0.15, -0.1) is 0 Å². The van der Waals surface area contributed by atoms with E-state index in [1.165, 1.54) is 0 Å². The Labute approximate surface area is 87.0 Å². The van der Waals surface area contributed by atoms with Crippen molar-refractivity contribution >= 4 is 26.3 Å². The number of rotatable bonds is 2. The van der Waals surface area contributed by atoms with Crippen LogP contribution in [-0.2, 0) is 16.4 Å². The molecule has 0 bridgehead atoms. The maximum atomic E-state index is 9.87. The monoisotopic (exact) mass is 294 g/mol. The molecule has 8 nitrogen and oxygen atoms in total. The number of amides is 1. The van der Waals surface area contributed by atoms with Gasteiger partial charge in [-0.2, -0.15) is 0 Å². The van der Waals surface area contributed by atoms with E-state index in [1.807, 2.05) is 0 Å². The first-order valence-corrected chi connectivity index (χ1v) is 4.73. The Morgan fingerprint density at radius 2 is 1.23 bits per heavy atom. The van der Waals surface area contributed by atoms with Crippen LogP contribution in [-0.4, -0.2) is 38.8 Å². The molecule has 95 valence electrons. The number of carbonyl (C=O) groups excluding carboxylic acids is 1. The SMILES string of the molecule is NC(=O)[CH2][Ni]([Cl])[Cl].O.O.O.O.O.O. The van der Waals surface area contributed by atoms with E-state index in [0.29, 0.717) is 0 Å². The van der Waals surface area contributed by atoms with Crippen molar-refractivity contribution < 1.29 is 49.3 Å². The summed E-state index contributed by atoms with van der Waals surface area (Å²) in [7, 11) is 10.4. The van der Waals surface area contributed by atoms with E-state index in [-0.39, 0.29) is 38.2 Å². The first-order valence-electron chi connectivity index (χ1n) is 1.31. The predicted octanol–water partition coefficient (Wildman–Crippen LogP) is -4.13. The van der Waals surface area contributed by atoms with Gasteiger partial charge in [0.15, 0.2) is 0 Å². The van der Waals surface area contributed by atoms with E-state index in [1.54, 1.807) is 0 Å². The third-order valence-electron chi connectivity index (χ3n) is 0.195. The van der Waals surface area contributed by atoms with Crippen molar-refractivity contribution in [3.8, 4) is 0 Å². The Morgan fingerprint density at radius 1 is 1.00 bits per heavy atom.